The van der Waals surface area contributed by atoms with Gasteiger partial charge in [-0.3, -0.25) is 4.79 Å². The number of para-hydroxylation sites is 1. The molecule has 0 fully saturated rings. The number of amides is 1. The minimum Gasteiger partial charge on any atom is -0.366 e. The highest BCUT2D eigenvalue weighted by Gasteiger charge is 2.11. The molecular formula is C24H25N5O. The molecule has 6 nitrogen and oxygen atoms in total. The Labute approximate surface area is 175 Å². The van der Waals surface area contributed by atoms with Gasteiger partial charge in [-0.1, -0.05) is 48.0 Å². The molecular weight excluding hydrogens is 374 g/mol. The van der Waals surface area contributed by atoms with Crippen molar-refractivity contribution in [2.75, 3.05) is 11.9 Å². The van der Waals surface area contributed by atoms with E-state index >= 15 is 0 Å². The molecule has 152 valence electrons. The maximum absolute atomic E-state index is 12.6. The van der Waals surface area contributed by atoms with Crippen molar-refractivity contribution >= 4 is 22.6 Å². The van der Waals surface area contributed by atoms with Gasteiger partial charge in [0.1, 0.15) is 17.3 Å². The lowest BCUT2D eigenvalue weighted by molar-refractivity contribution is 0.0949. The van der Waals surface area contributed by atoms with E-state index in [0.29, 0.717) is 30.4 Å². The van der Waals surface area contributed by atoms with Crippen LogP contribution in [0.4, 0.5) is 5.82 Å². The fourth-order valence-corrected chi connectivity index (χ4v) is 3.41. The van der Waals surface area contributed by atoms with Crippen LogP contribution in [0.3, 0.4) is 0 Å². The van der Waals surface area contributed by atoms with Gasteiger partial charge in [-0.25, -0.2) is 9.97 Å². The van der Waals surface area contributed by atoms with Gasteiger partial charge in [-0.2, -0.15) is 0 Å². The van der Waals surface area contributed by atoms with Gasteiger partial charge in [0.15, 0.2) is 0 Å². The second kappa shape index (κ2) is 8.78. The van der Waals surface area contributed by atoms with Crippen molar-refractivity contribution in [3.8, 4) is 0 Å². The molecule has 0 aliphatic heterocycles. The van der Waals surface area contributed by atoms with Gasteiger partial charge < -0.3 is 15.6 Å². The molecule has 3 N–H and O–H groups in total. The third kappa shape index (κ3) is 4.66. The molecule has 0 unspecified atom stereocenters. The van der Waals surface area contributed by atoms with Crippen molar-refractivity contribution in [2.24, 2.45) is 0 Å². The first-order chi connectivity index (χ1) is 14.6. The van der Waals surface area contributed by atoms with Crippen molar-refractivity contribution in [3.63, 3.8) is 0 Å². The largest absolute Gasteiger partial charge is 0.366 e. The predicted octanol–water partition coefficient (Wildman–Crippen LogP) is 4.16. The Morgan fingerprint density at radius 1 is 1.03 bits per heavy atom. The van der Waals surface area contributed by atoms with Crippen molar-refractivity contribution in [1.82, 2.24) is 20.3 Å². The zero-order valence-electron chi connectivity index (χ0n) is 17.2. The van der Waals surface area contributed by atoms with Crippen LogP contribution in [0.25, 0.3) is 10.9 Å². The van der Waals surface area contributed by atoms with E-state index in [1.54, 1.807) is 13.0 Å². The Hall–Kier alpha value is -3.67. The summed E-state index contributed by atoms with van der Waals surface area (Å²) in [6, 6.07) is 18.2. The summed E-state index contributed by atoms with van der Waals surface area (Å²) in [4.78, 5) is 24.6. The molecule has 4 rings (SSSR count). The molecule has 2 aromatic heterocycles. The number of benzene rings is 2. The molecule has 0 radical (unpaired) electrons. The summed E-state index contributed by atoms with van der Waals surface area (Å²) in [5.74, 6) is 1.01. The van der Waals surface area contributed by atoms with Gasteiger partial charge in [0.25, 0.3) is 5.91 Å². The lowest BCUT2D eigenvalue weighted by atomic mass is 10.1. The average molecular weight is 399 g/mol. The molecule has 2 aromatic carbocycles. The van der Waals surface area contributed by atoms with Crippen LogP contribution in [-0.4, -0.2) is 27.4 Å². The molecule has 0 atom stereocenters. The summed E-state index contributed by atoms with van der Waals surface area (Å²) in [6.45, 7) is 5.03. The van der Waals surface area contributed by atoms with Gasteiger partial charge in [0, 0.05) is 36.3 Å². The number of carbonyl (C=O) groups is 1. The quantitative estimate of drug-likeness (QED) is 0.436. The van der Waals surface area contributed by atoms with E-state index in [1.165, 1.54) is 16.5 Å². The van der Waals surface area contributed by atoms with Gasteiger partial charge in [0.05, 0.1) is 0 Å². The molecule has 0 aliphatic carbocycles. The van der Waals surface area contributed by atoms with Crippen molar-refractivity contribution in [3.05, 3.63) is 89.0 Å². The highest BCUT2D eigenvalue weighted by Crippen LogP contribution is 2.17. The molecule has 30 heavy (non-hydrogen) atoms. The number of hydrogen-bond donors (Lipinski definition) is 3. The smallest absolute Gasteiger partial charge is 0.270 e. The maximum Gasteiger partial charge on any atom is 0.270 e. The standard InChI is InChI=1S/C24H25N5O/c1-16-7-9-18(10-8-16)14-27-23-13-22(28-17(2)29-23)24(30)25-12-11-19-15-26-21-6-4-3-5-20(19)21/h3-10,13,15,26H,11-12,14H2,1-2H3,(H,25,30)(H,27,28,29). The Morgan fingerprint density at radius 2 is 1.83 bits per heavy atom. The van der Waals surface area contributed by atoms with Crippen molar-refractivity contribution < 1.29 is 4.79 Å². The summed E-state index contributed by atoms with van der Waals surface area (Å²) < 4.78 is 0. The van der Waals surface area contributed by atoms with Gasteiger partial charge in [-0.15, -0.1) is 0 Å². The van der Waals surface area contributed by atoms with Crippen LogP contribution in [-0.2, 0) is 13.0 Å². The Bertz CT molecular complexity index is 1160. The normalized spacial score (nSPS) is 10.9. The Balaban J connectivity index is 1.36. The average Bonchev–Trinajstić information content (AvgIpc) is 3.16. The number of H-pyrrole nitrogens is 1. The number of aryl methyl sites for hydroxylation is 2. The summed E-state index contributed by atoms with van der Waals surface area (Å²) in [6.07, 6.45) is 2.75. The minimum absolute atomic E-state index is 0.196. The van der Waals surface area contributed by atoms with Crippen molar-refractivity contribution in [2.45, 2.75) is 26.8 Å². The summed E-state index contributed by atoms with van der Waals surface area (Å²) in [7, 11) is 0. The first-order valence-corrected chi connectivity index (χ1v) is 10.1. The number of nitrogens with one attached hydrogen (secondary N) is 3. The molecule has 0 bridgehead atoms. The van der Waals surface area contributed by atoms with E-state index < -0.39 is 0 Å². The van der Waals surface area contributed by atoms with E-state index in [4.69, 9.17) is 0 Å². The summed E-state index contributed by atoms with van der Waals surface area (Å²) >= 11 is 0. The number of nitrogens with zero attached hydrogens (tertiary/aromatic N) is 2. The highest BCUT2D eigenvalue weighted by molar-refractivity contribution is 5.93. The molecule has 4 aromatic rings. The topological polar surface area (TPSA) is 82.7 Å². The lowest BCUT2D eigenvalue weighted by Gasteiger charge is -2.09. The van der Waals surface area contributed by atoms with E-state index in [0.717, 1.165) is 17.5 Å². The number of fused-ring (bicyclic) bond motifs is 1. The van der Waals surface area contributed by atoms with Crippen LogP contribution < -0.4 is 10.6 Å². The molecule has 0 saturated carbocycles. The van der Waals surface area contributed by atoms with Crippen LogP contribution in [0, 0.1) is 13.8 Å². The van der Waals surface area contributed by atoms with Crippen LogP contribution in [0.1, 0.15) is 33.0 Å². The molecule has 0 saturated heterocycles. The second-order valence-electron chi connectivity index (χ2n) is 7.39. The minimum atomic E-state index is -0.196. The predicted molar refractivity (Wildman–Crippen MR) is 120 cm³/mol. The van der Waals surface area contributed by atoms with E-state index in [2.05, 4.69) is 62.8 Å². The zero-order chi connectivity index (χ0) is 20.9. The van der Waals surface area contributed by atoms with Gasteiger partial charge in [0.2, 0.25) is 0 Å². The molecule has 0 aliphatic rings. The van der Waals surface area contributed by atoms with E-state index in [1.807, 2.05) is 24.4 Å². The van der Waals surface area contributed by atoms with Crippen LogP contribution in [0.5, 0.6) is 0 Å². The molecule has 1 amide bonds. The fourth-order valence-electron chi connectivity index (χ4n) is 3.41. The summed E-state index contributed by atoms with van der Waals surface area (Å²) in [5.41, 5.74) is 5.04. The Kier molecular flexibility index (Phi) is 5.75. The SMILES string of the molecule is Cc1ccc(CNc2cc(C(=O)NCCc3c[nH]c4ccccc34)nc(C)n2)cc1. The fraction of sp³-hybridized carbons (Fsp3) is 0.208. The number of rotatable bonds is 7. The summed E-state index contributed by atoms with van der Waals surface area (Å²) in [5, 5.41) is 7.43. The third-order valence-electron chi connectivity index (χ3n) is 5.02. The second-order valence-corrected chi connectivity index (χ2v) is 7.39. The van der Waals surface area contributed by atoms with Crippen molar-refractivity contribution in [1.29, 1.82) is 0 Å². The first kappa shape index (κ1) is 19.6. The number of aromatic nitrogens is 3. The molecule has 2 heterocycles. The Morgan fingerprint density at radius 3 is 2.67 bits per heavy atom. The lowest BCUT2D eigenvalue weighted by Crippen LogP contribution is -2.27. The molecule has 0 spiro atoms. The third-order valence-corrected chi connectivity index (χ3v) is 5.02. The first-order valence-electron chi connectivity index (χ1n) is 10.1. The molecule has 6 heteroatoms. The monoisotopic (exact) mass is 399 g/mol. The number of carbonyl (C=O) groups excluding carboxylic acids is 1. The van der Waals surface area contributed by atoms with Gasteiger partial charge >= 0.3 is 0 Å². The van der Waals surface area contributed by atoms with E-state index in [9.17, 15) is 4.79 Å². The van der Waals surface area contributed by atoms with E-state index in [-0.39, 0.29) is 5.91 Å². The maximum atomic E-state index is 12.6. The number of aromatic amines is 1. The number of hydrogen-bond acceptors (Lipinski definition) is 4. The van der Waals surface area contributed by atoms with Gasteiger partial charge in [-0.05, 0) is 37.5 Å². The highest BCUT2D eigenvalue weighted by atomic mass is 16.1. The number of anilines is 1. The van der Waals surface area contributed by atoms with Crippen LogP contribution in [0.15, 0.2) is 60.8 Å². The van der Waals surface area contributed by atoms with Crippen LogP contribution in [0.2, 0.25) is 0 Å². The zero-order valence-corrected chi connectivity index (χ0v) is 17.2. The van der Waals surface area contributed by atoms with Crippen LogP contribution >= 0.6 is 0 Å².